The van der Waals surface area contributed by atoms with Gasteiger partial charge in [0.15, 0.2) is 0 Å². The first-order valence-corrected chi connectivity index (χ1v) is 65.0. The van der Waals surface area contributed by atoms with Crippen LogP contribution in [0.2, 0.25) is 182 Å². The van der Waals surface area contributed by atoms with Gasteiger partial charge in [-0.3, -0.25) is 24.6 Å². The van der Waals surface area contributed by atoms with Crippen molar-refractivity contribution in [3.8, 4) is 72.8 Å². The molecule has 0 saturated carbocycles. The average Bonchev–Trinajstić information content (AvgIpc) is 0.933. The Morgan fingerprint density at radius 3 is 0.709 bits per heavy atom. The maximum Gasteiger partial charge on any atom is 0.620 e. The van der Waals surface area contributed by atoms with Gasteiger partial charge in [-0.15, -0.1) is 0 Å². The topological polar surface area (TPSA) is 285 Å². The van der Waals surface area contributed by atoms with Crippen molar-refractivity contribution in [1.82, 2.24) is 0 Å². The van der Waals surface area contributed by atoms with E-state index in [1.165, 1.54) is 25.1 Å². The summed E-state index contributed by atoms with van der Waals surface area (Å²) < 4.78 is 213. The van der Waals surface area contributed by atoms with E-state index in [2.05, 4.69) is 84.1 Å². The third-order valence-corrected chi connectivity index (χ3v) is 31.1. The van der Waals surface area contributed by atoms with Gasteiger partial charge in [-0.1, -0.05) is 92.7 Å². The summed E-state index contributed by atoms with van der Waals surface area (Å²) >= 11 is 0. The zero-order valence-corrected chi connectivity index (χ0v) is 76.7. The van der Waals surface area contributed by atoms with Crippen LogP contribution in [0.25, 0.3) is 0 Å². The minimum atomic E-state index is -5.50. The fraction of sp³-hybridized carbons (Fsp3) is 0.803. The molecule has 0 rings (SSSR count). The van der Waals surface area contributed by atoms with Crippen molar-refractivity contribution >= 4 is 104 Å². The van der Waals surface area contributed by atoms with Gasteiger partial charge in [-0.05, 0) is 113 Å². The van der Waals surface area contributed by atoms with Crippen molar-refractivity contribution in [3.63, 3.8) is 0 Å². The number of rotatable bonds is 28. The van der Waals surface area contributed by atoms with Crippen molar-refractivity contribution in [2.75, 3.05) is 0 Å². The highest BCUT2D eigenvalue weighted by atomic mass is 28.5. The van der Waals surface area contributed by atoms with Crippen LogP contribution in [0.1, 0.15) is 130 Å². The van der Waals surface area contributed by atoms with Crippen LogP contribution in [-0.4, -0.2) is 104 Å². The minimum Gasteiger partial charge on any atom is -0.318 e. The zero-order chi connectivity index (χ0) is 84.8. The monoisotopic (exact) mass is 1690 g/mol. The molecule has 0 N–H and O–H groups in total. The summed E-state index contributed by atoms with van der Waals surface area (Å²) in [6.07, 6.45) is 5.12. The molecule has 0 aromatic heterocycles. The highest BCUT2D eigenvalue weighted by molar-refractivity contribution is 6.77. The normalized spacial score (nSPS) is 12.3. The van der Waals surface area contributed by atoms with Gasteiger partial charge in [-0.25, -0.2) is 37.0 Å². The summed E-state index contributed by atoms with van der Waals surface area (Å²) in [6.45, 7) is 38.3. The van der Waals surface area contributed by atoms with E-state index in [1.54, 1.807) is 57.9 Å². The maximum atomic E-state index is 12.7. The first kappa shape index (κ1) is 125. The molecule has 0 aromatic carbocycles. The molecule has 0 fully saturated rings. The molecule has 0 aliphatic rings. The standard InChI is InChI=1S/2C7H15NSi.C6H12FNSi.C6H13NSi.2C5H9F2NSi.2C5H10FNSi.2C4H6F3NSi.C4H7F2NSi.C3H4F3NSi/c1-7(5-6-8)9(2,3)4;1-9(2,3)7-5-4-6-8;1-9(2,7)6-4-3-5-8;1-8(2,3)6-4-5-7;1-5(3-4-8)9(2,6)7;1-9(6,7)5-3-2-4-8;1-8(2,6)5-3-4-7;1-5(3-4-7)8(2)6;1-4(2-3-8)9(5,6)7;5-9(6,7)4-2-1-3-8;1-8(5,6)4-2-3-7;4-8(5,6)3-1-2-7/h7H,5H2,1-4H3;4-5,7H2,1-3H3;3-4,6H2,1-2H3;4,6H2,1-3H3;5H,3H2,1-2H3;2-3,5H2,1H3;3,5H2,1-2H3;5,8H,3H2,1-2H3;4H,2H2,1H3;1-2,4H2;2,4H2,1H3;1,3H2. The molecule has 0 aromatic rings. The highest BCUT2D eigenvalue weighted by Crippen LogP contribution is 2.29. The number of halogens is 18. The van der Waals surface area contributed by atoms with Crippen LogP contribution in [0.15, 0.2) is 0 Å². The van der Waals surface area contributed by atoms with Crippen LogP contribution in [0.4, 0.5) is 73.9 Å². The van der Waals surface area contributed by atoms with Gasteiger partial charge in [0.25, 0.3) is 0 Å². The van der Waals surface area contributed by atoms with Crippen LogP contribution >= 0.6 is 0 Å². The molecule has 0 radical (unpaired) electrons. The second-order valence-corrected chi connectivity index (χ2v) is 69.3. The molecule has 0 aliphatic heterocycles. The molecule has 0 amide bonds. The summed E-state index contributed by atoms with van der Waals surface area (Å²) in [5, 5.41) is 96.4. The van der Waals surface area contributed by atoms with E-state index in [4.69, 9.17) is 63.1 Å². The van der Waals surface area contributed by atoms with Crippen molar-refractivity contribution in [2.45, 2.75) is 312 Å². The van der Waals surface area contributed by atoms with Crippen molar-refractivity contribution in [3.05, 3.63) is 0 Å². The summed E-state index contributed by atoms with van der Waals surface area (Å²) in [6, 6.07) is 24.0. The molecule has 0 saturated heterocycles. The third kappa shape index (κ3) is 164. The minimum absolute atomic E-state index is 0.00424. The first-order valence-electron chi connectivity index (χ1n) is 32.9. The second kappa shape index (κ2) is 71.5. The van der Waals surface area contributed by atoms with Crippen molar-refractivity contribution in [2.24, 2.45) is 0 Å². The number of hydrogen-bond donors (Lipinski definition) is 0. The fourth-order valence-corrected chi connectivity index (χ4v) is 12.8. The smallest absolute Gasteiger partial charge is 0.318 e. The summed E-state index contributed by atoms with van der Waals surface area (Å²) in [5.41, 5.74) is -1.38. The Hall–Kier alpha value is -4.78. The average molecular weight is 1700 g/mol. The van der Waals surface area contributed by atoms with E-state index in [-0.39, 0.29) is 56.2 Å². The van der Waals surface area contributed by atoms with Crippen molar-refractivity contribution < 1.29 is 73.9 Å². The molecular weight excluding hydrogens is 1580 g/mol. The lowest BCUT2D eigenvalue weighted by Gasteiger charge is -2.21. The Labute approximate surface area is 622 Å². The van der Waals surface area contributed by atoms with E-state index in [9.17, 15) is 73.9 Å². The number of hydrogen-bond acceptors (Lipinski definition) is 12. The quantitative estimate of drug-likeness (QED) is 0.0306. The maximum absolute atomic E-state index is 12.7. The Morgan fingerprint density at radius 2 is 0.544 bits per heavy atom. The van der Waals surface area contributed by atoms with Gasteiger partial charge in [-0.2, -0.15) is 63.1 Å². The lowest BCUT2D eigenvalue weighted by Crippen LogP contribution is -2.25. The number of nitriles is 12. The first-order chi connectivity index (χ1) is 46.1. The van der Waals surface area contributed by atoms with Crippen LogP contribution in [0.5, 0.6) is 0 Å². The van der Waals surface area contributed by atoms with Gasteiger partial charge in [0.05, 0.1) is 78.4 Å². The zero-order valence-electron chi connectivity index (χ0n) is 64.5. The van der Waals surface area contributed by atoms with E-state index in [0.29, 0.717) is 43.3 Å². The fourth-order valence-electron chi connectivity index (χ4n) is 4.71. The summed E-state index contributed by atoms with van der Waals surface area (Å²) in [7, 11) is -37.5. The van der Waals surface area contributed by atoms with Gasteiger partial charge in [0.2, 0.25) is 25.9 Å². The molecule has 0 spiro atoms. The summed E-state index contributed by atoms with van der Waals surface area (Å²) in [4.78, 5) is 0. The van der Waals surface area contributed by atoms with Crippen LogP contribution in [0, 0.1) is 136 Å². The molecular formula is C61H116F18N12Si12. The van der Waals surface area contributed by atoms with Gasteiger partial charge >= 0.3 is 53.5 Å². The molecule has 0 aliphatic carbocycles. The third-order valence-electron chi connectivity index (χ3n) is 12.2. The van der Waals surface area contributed by atoms with E-state index in [0.717, 1.165) is 64.7 Å². The molecule has 594 valence electrons. The van der Waals surface area contributed by atoms with E-state index >= 15 is 0 Å². The predicted molar refractivity (Wildman–Crippen MR) is 407 cm³/mol. The second-order valence-electron chi connectivity index (χ2n) is 28.3. The summed E-state index contributed by atoms with van der Waals surface area (Å²) in [5.74, 6) is 0. The van der Waals surface area contributed by atoms with Crippen LogP contribution in [-0.2, 0) is 0 Å². The van der Waals surface area contributed by atoms with E-state index < -0.39 is 133 Å². The molecule has 42 heteroatoms. The van der Waals surface area contributed by atoms with Crippen molar-refractivity contribution in [1.29, 1.82) is 63.1 Å². The molecule has 0 bridgehead atoms. The molecule has 0 heterocycles. The SMILES string of the molecule is CC(CC#N)[SiH](C)F.CC(CC#N)[Si](C)(C)C.CC(CC#N)[Si](C)(F)F.CC(CC#N)[Si](F)(F)F.C[Si](C)(C)CCC#N.C[Si](C)(C)CCCC#N.C[Si](C)(F)CCC#N.C[Si](C)(F)CCCC#N.C[Si](F)(F)CCC#N.C[Si](F)(F)CCCC#N.N#CCCC[Si](F)(F)F.N#CCC[Si](F)(F)F. The molecule has 12 nitrogen and oxygen atoms in total. The number of nitrogens with zero attached hydrogens (tertiary/aromatic N) is 12. The van der Waals surface area contributed by atoms with Crippen LogP contribution < -0.4 is 0 Å². The Balaban J connectivity index is -0.0000000877. The van der Waals surface area contributed by atoms with Crippen LogP contribution in [0.3, 0.4) is 0 Å². The van der Waals surface area contributed by atoms with E-state index in [1.807, 2.05) is 24.3 Å². The predicted octanol–water partition coefficient (Wildman–Crippen LogP) is 26.2. The highest BCUT2D eigenvalue weighted by Gasteiger charge is 2.44. The number of unbranched alkanes of at least 4 members (excludes halogenated alkanes) is 4. The van der Waals surface area contributed by atoms with Gasteiger partial charge in [0.1, 0.15) is 0 Å². The largest absolute Gasteiger partial charge is 0.620 e. The Morgan fingerprint density at radius 1 is 0.282 bits per heavy atom. The lowest BCUT2D eigenvalue weighted by atomic mass is 10.4. The molecule has 5 atom stereocenters. The lowest BCUT2D eigenvalue weighted by molar-refractivity contribution is 0.440. The van der Waals surface area contributed by atoms with Gasteiger partial charge < -0.3 is 12.3 Å². The molecule has 103 heavy (non-hydrogen) atoms. The molecule has 5 unspecified atom stereocenters. The Kier molecular flexibility index (Phi) is 86.7. The van der Waals surface area contributed by atoms with Gasteiger partial charge in [0, 0.05) is 125 Å². The Bertz CT molecular complexity index is 2280.